The SMILES string of the molecule is Cn1cncc1C(OCc1ccc(C#N)cc1I)c1ccc(C#N)cc1. The van der Waals surface area contributed by atoms with E-state index < -0.39 is 0 Å². The van der Waals surface area contributed by atoms with Gasteiger partial charge in [0.1, 0.15) is 6.10 Å². The van der Waals surface area contributed by atoms with Crippen molar-refractivity contribution >= 4 is 22.6 Å². The fourth-order valence-electron chi connectivity index (χ4n) is 2.61. The van der Waals surface area contributed by atoms with E-state index in [1.54, 1.807) is 30.7 Å². The van der Waals surface area contributed by atoms with Gasteiger partial charge in [-0.25, -0.2) is 4.98 Å². The van der Waals surface area contributed by atoms with Crippen LogP contribution in [-0.4, -0.2) is 9.55 Å². The van der Waals surface area contributed by atoms with Crippen molar-refractivity contribution in [3.63, 3.8) is 0 Å². The number of hydrogen-bond acceptors (Lipinski definition) is 4. The molecule has 0 spiro atoms. The molecule has 1 unspecified atom stereocenters. The molecule has 0 radical (unpaired) electrons. The smallest absolute Gasteiger partial charge is 0.124 e. The molecule has 0 aliphatic rings. The van der Waals surface area contributed by atoms with Crippen LogP contribution in [0.4, 0.5) is 0 Å². The molecule has 3 rings (SSSR count). The van der Waals surface area contributed by atoms with E-state index in [4.69, 9.17) is 15.3 Å². The second-order valence-electron chi connectivity index (χ2n) is 5.77. The minimum atomic E-state index is -0.304. The number of nitriles is 2. The van der Waals surface area contributed by atoms with Crippen molar-refractivity contribution in [3.05, 3.63) is 86.5 Å². The zero-order valence-electron chi connectivity index (χ0n) is 14.1. The third-order valence-corrected chi connectivity index (χ3v) is 5.06. The molecule has 0 fully saturated rings. The van der Waals surface area contributed by atoms with E-state index in [0.29, 0.717) is 17.7 Å². The highest BCUT2D eigenvalue weighted by atomic mass is 127. The predicted octanol–water partition coefficient (Wildman–Crippen LogP) is 4.07. The Morgan fingerprint density at radius 2 is 1.81 bits per heavy atom. The number of hydrogen-bond donors (Lipinski definition) is 0. The molecule has 2 aromatic carbocycles. The van der Waals surface area contributed by atoms with Crippen LogP contribution in [0.15, 0.2) is 55.0 Å². The summed E-state index contributed by atoms with van der Waals surface area (Å²) in [7, 11) is 1.92. The van der Waals surface area contributed by atoms with Crippen LogP contribution in [0.2, 0.25) is 0 Å². The lowest BCUT2D eigenvalue weighted by Crippen LogP contribution is -2.11. The Bertz CT molecular complexity index is 996. The molecule has 26 heavy (non-hydrogen) atoms. The van der Waals surface area contributed by atoms with Gasteiger partial charge in [0.15, 0.2) is 0 Å². The van der Waals surface area contributed by atoms with Gasteiger partial charge in [0.2, 0.25) is 0 Å². The van der Waals surface area contributed by atoms with E-state index in [9.17, 15) is 0 Å². The van der Waals surface area contributed by atoms with Crippen LogP contribution in [-0.2, 0) is 18.4 Å². The lowest BCUT2D eigenvalue weighted by molar-refractivity contribution is 0.0618. The molecule has 0 N–H and O–H groups in total. The van der Waals surface area contributed by atoms with Gasteiger partial charge in [-0.2, -0.15) is 10.5 Å². The molecule has 0 aliphatic carbocycles. The van der Waals surface area contributed by atoms with Gasteiger partial charge in [0.05, 0.1) is 48.1 Å². The Morgan fingerprint density at radius 1 is 1.12 bits per heavy atom. The van der Waals surface area contributed by atoms with Crippen molar-refractivity contribution in [1.29, 1.82) is 10.5 Å². The third kappa shape index (κ3) is 3.93. The van der Waals surface area contributed by atoms with Gasteiger partial charge in [-0.05, 0) is 58.0 Å². The number of rotatable bonds is 5. The maximum atomic E-state index is 9.00. The summed E-state index contributed by atoms with van der Waals surface area (Å²) in [6.45, 7) is 0.403. The molecule has 0 saturated heterocycles. The van der Waals surface area contributed by atoms with Crippen LogP contribution in [0, 0.1) is 26.2 Å². The normalized spacial score (nSPS) is 11.5. The van der Waals surface area contributed by atoms with E-state index in [0.717, 1.165) is 20.4 Å². The summed E-state index contributed by atoms with van der Waals surface area (Å²) in [6.07, 6.45) is 3.22. The Kier molecular flexibility index (Phi) is 5.67. The van der Waals surface area contributed by atoms with Crippen molar-refractivity contribution < 1.29 is 4.74 Å². The number of aromatic nitrogens is 2. The average molecular weight is 454 g/mol. The van der Waals surface area contributed by atoms with Gasteiger partial charge in [-0.15, -0.1) is 0 Å². The first-order valence-electron chi connectivity index (χ1n) is 7.88. The Balaban J connectivity index is 1.88. The van der Waals surface area contributed by atoms with E-state index in [1.165, 1.54) is 0 Å². The van der Waals surface area contributed by atoms with E-state index in [-0.39, 0.29) is 6.10 Å². The summed E-state index contributed by atoms with van der Waals surface area (Å²) < 4.78 is 9.15. The maximum Gasteiger partial charge on any atom is 0.124 e. The largest absolute Gasteiger partial charge is 0.362 e. The summed E-state index contributed by atoms with van der Waals surface area (Å²) in [4.78, 5) is 4.19. The summed E-state index contributed by atoms with van der Waals surface area (Å²) in [5.41, 5.74) is 4.15. The lowest BCUT2D eigenvalue weighted by atomic mass is 10.0. The Morgan fingerprint density at radius 3 is 2.38 bits per heavy atom. The molecule has 5 nitrogen and oxygen atoms in total. The molecular weight excluding hydrogens is 439 g/mol. The van der Waals surface area contributed by atoms with Crippen molar-refractivity contribution in [2.24, 2.45) is 7.05 Å². The molecule has 0 bridgehead atoms. The van der Waals surface area contributed by atoms with Gasteiger partial charge in [-0.3, -0.25) is 0 Å². The van der Waals surface area contributed by atoms with Crippen molar-refractivity contribution in [2.45, 2.75) is 12.7 Å². The molecule has 1 heterocycles. The summed E-state index contributed by atoms with van der Waals surface area (Å²) >= 11 is 2.22. The zero-order chi connectivity index (χ0) is 18.5. The average Bonchev–Trinajstić information content (AvgIpc) is 3.09. The second kappa shape index (κ2) is 8.13. The molecular formula is C20H15IN4O. The standard InChI is InChI=1S/C20H15IN4O/c1-25-13-24-11-19(25)20(16-5-2-14(9-22)3-6-16)26-12-17-7-4-15(10-23)8-18(17)21/h2-8,11,13,20H,12H2,1H3. The molecule has 128 valence electrons. The molecule has 1 atom stereocenters. The van der Waals surface area contributed by atoms with Gasteiger partial charge >= 0.3 is 0 Å². The fraction of sp³-hybridized carbons (Fsp3) is 0.150. The quantitative estimate of drug-likeness (QED) is 0.545. The predicted molar refractivity (Wildman–Crippen MR) is 105 cm³/mol. The first-order chi connectivity index (χ1) is 12.6. The summed E-state index contributed by atoms with van der Waals surface area (Å²) in [5.74, 6) is 0. The van der Waals surface area contributed by atoms with Crippen LogP contribution in [0.5, 0.6) is 0 Å². The van der Waals surface area contributed by atoms with Gasteiger partial charge in [0.25, 0.3) is 0 Å². The third-order valence-electron chi connectivity index (χ3n) is 4.05. The topological polar surface area (TPSA) is 74.6 Å². The van der Waals surface area contributed by atoms with Gasteiger partial charge in [0, 0.05) is 10.6 Å². The molecule has 3 aromatic rings. The highest BCUT2D eigenvalue weighted by Crippen LogP contribution is 2.28. The molecule has 6 heteroatoms. The number of benzene rings is 2. The first-order valence-corrected chi connectivity index (χ1v) is 8.96. The highest BCUT2D eigenvalue weighted by molar-refractivity contribution is 14.1. The van der Waals surface area contributed by atoms with Crippen molar-refractivity contribution in [3.8, 4) is 12.1 Å². The maximum absolute atomic E-state index is 9.00. The van der Waals surface area contributed by atoms with Crippen LogP contribution in [0.25, 0.3) is 0 Å². The van der Waals surface area contributed by atoms with Crippen LogP contribution < -0.4 is 0 Å². The molecule has 0 aliphatic heterocycles. The monoisotopic (exact) mass is 454 g/mol. The molecule has 1 aromatic heterocycles. The van der Waals surface area contributed by atoms with E-state index in [1.807, 2.05) is 35.9 Å². The van der Waals surface area contributed by atoms with Crippen LogP contribution in [0.3, 0.4) is 0 Å². The number of nitrogens with zero attached hydrogens (tertiary/aromatic N) is 4. The first kappa shape index (κ1) is 18.1. The number of aryl methyl sites for hydroxylation is 1. The van der Waals surface area contributed by atoms with Crippen LogP contribution >= 0.6 is 22.6 Å². The fourth-order valence-corrected chi connectivity index (χ4v) is 3.28. The number of ether oxygens (including phenoxy) is 1. The molecule has 0 saturated carbocycles. The summed E-state index contributed by atoms with van der Waals surface area (Å²) in [6, 6.07) is 17.2. The second-order valence-corrected chi connectivity index (χ2v) is 6.93. The minimum Gasteiger partial charge on any atom is -0.362 e. The lowest BCUT2D eigenvalue weighted by Gasteiger charge is -2.19. The zero-order valence-corrected chi connectivity index (χ0v) is 16.2. The minimum absolute atomic E-state index is 0.304. The Labute approximate surface area is 165 Å². The van der Waals surface area contributed by atoms with Gasteiger partial charge < -0.3 is 9.30 Å². The summed E-state index contributed by atoms with van der Waals surface area (Å²) in [5, 5.41) is 18.0. The number of imidazole rings is 1. The highest BCUT2D eigenvalue weighted by Gasteiger charge is 2.19. The van der Waals surface area contributed by atoms with Crippen LogP contribution in [0.1, 0.15) is 34.1 Å². The van der Waals surface area contributed by atoms with Gasteiger partial charge in [-0.1, -0.05) is 18.2 Å². The van der Waals surface area contributed by atoms with E-state index in [2.05, 4.69) is 39.7 Å². The number of halogens is 1. The molecule has 0 amide bonds. The van der Waals surface area contributed by atoms with Crippen molar-refractivity contribution in [1.82, 2.24) is 9.55 Å². The van der Waals surface area contributed by atoms with Crippen molar-refractivity contribution in [2.75, 3.05) is 0 Å². The Hall–Kier alpha value is -2.68. The van der Waals surface area contributed by atoms with E-state index >= 15 is 0 Å².